The van der Waals surface area contributed by atoms with Crippen molar-refractivity contribution in [2.45, 2.75) is 31.7 Å². The van der Waals surface area contributed by atoms with Crippen LogP contribution in [0.2, 0.25) is 5.02 Å². The fourth-order valence-corrected chi connectivity index (χ4v) is 4.32. The number of ether oxygens (including phenoxy) is 1. The fourth-order valence-electron chi connectivity index (χ4n) is 3.26. The maximum atomic E-state index is 12.3. The van der Waals surface area contributed by atoms with E-state index in [2.05, 4.69) is 27.7 Å². The summed E-state index contributed by atoms with van der Waals surface area (Å²) in [4.78, 5) is 16.1. The van der Waals surface area contributed by atoms with Crippen LogP contribution < -0.4 is 10.1 Å². The smallest absolute Gasteiger partial charge is 0.258 e. The van der Waals surface area contributed by atoms with Crippen LogP contribution >= 0.6 is 22.9 Å². The van der Waals surface area contributed by atoms with E-state index in [-0.39, 0.29) is 18.6 Å². The predicted molar refractivity (Wildman–Crippen MR) is 107 cm³/mol. The Morgan fingerprint density at radius 1 is 1.15 bits per heavy atom. The standard InChI is InChI=1S/C20H25ClN2O2S/c21-16-8-3-4-9-18(16)25-15-20(24)22-14-17(19-10-7-13-26-19)23-11-5-1-2-6-12-23/h3-4,7-10,13,17H,1-2,5-6,11-12,14-15H2,(H,22,24). The summed E-state index contributed by atoms with van der Waals surface area (Å²) in [6.45, 7) is 2.76. The van der Waals surface area contributed by atoms with Gasteiger partial charge in [-0.3, -0.25) is 9.69 Å². The molecule has 1 aromatic heterocycles. The van der Waals surface area contributed by atoms with E-state index in [4.69, 9.17) is 16.3 Å². The number of hydrogen-bond acceptors (Lipinski definition) is 4. The first-order valence-corrected chi connectivity index (χ1v) is 10.4. The summed E-state index contributed by atoms with van der Waals surface area (Å²) in [5, 5.41) is 5.65. The second-order valence-electron chi connectivity index (χ2n) is 6.50. The van der Waals surface area contributed by atoms with Crippen molar-refractivity contribution in [3.8, 4) is 5.75 Å². The van der Waals surface area contributed by atoms with E-state index in [1.54, 1.807) is 23.5 Å². The number of nitrogens with zero attached hydrogens (tertiary/aromatic N) is 1. The molecule has 1 aliphatic rings. The fraction of sp³-hybridized carbons (Fsp3) is 0.450. The molecule has 140 valence electrons. The molecule has 0 radical (unpaired) electrons. The highest BCUT2D eigenvalue weighted by molar-refractivity contribution is 7.10. The van der Waals surface area contributed by atoms with Crippen LogP contribution in [-0.2, 0) is 4.79 Å². The Kier molecular flexibility index (Phi) is 7.35. The van der Waals surface area contributed by atoms with Crippen molar-refractivity contribution in [2.24, 2.45) is 0 Å². The molecule has 2 heterocycles. The number of carbonyl (C=O) groups excluding carboxylic acids is 1. The lowest BCUT2D eigenvalue weighted by molar-refractivity contribution is -0.123. The average Bonchev–Trinajstić information content (AvgIpc) is 3.04. The van der Waals surface area contributed by atoms with Gasteiger partial charge in [0.05, 0.1) is 11.1 Å². The monoisotopic (exact) mass is 392 g/mol. The summed E-state index contributed by atoms with van der Waals surface area (Å²) in [7, 11) is 0. The van der Waals surface area contributed by atoms with E-state index >= 15 is 0 Å². The summed E-state index contributed by atoms with van der Waals surface area (Å²) < 4.78 is 5.53. The number of likely N-dealkylation sites (tertiary alicyclic amines) is 1. The molecule has 4 nitrogen and oxygen atoms in total. The number of nitrogens with one attached hydrogen (secondary N) is 1. The van der Waals surface area contributed by atoms with Gasteiger partial charge in [-0.1, -0.05) is 42.6 Å². The van der Waals surface area contributed by atoms with Gasteiger partial charge in [0.25, 0.3) is 5.91 Å². The van der Waals surface area contributed by atoms with Crippen LogP contribution in [0.4, 0.5) is 0 Å². The molecule has 0 spiro atoms. The van der Waals surface area contributed by atoms with Crippen LogP contribution in [-0.4, -0.2) is 37.0 Å². The maximum absolute atomic E-state index is 12.3. The van der Waals surface area contributed by atoms with Gasteiger partial charge >= 0.3 is 0 Å². The van der Waals surface area contributed by atoms with Gasteiger partial charge in [0, 0.05) is 11.4 Å². The van der Waals surface area contributed by atoms with E-state index in [1.807, 2.05) is 12.1 Å². The number of carbonyl (C=O) groups is 1. The van der Waals surface area contributed by atoms with E-state index in [0.29, 0.717) is 17.3 Å². The Bertz CT molecular complexity index is 685. The molecule has 26 heavy (non-hydrogen) atoms. The van der Waals surface area contributed by atoms with Gasteiger partial charge in [-0.05, 0) is 49.5 Å². The number of para-hydroxylation sites is 1. The van der Waals surface area contributed by atoms with E-state index in [0.717, 1.165) is 13.1 Å². The lowest BCUT2D eigenvalue weighted by atomic mass is 10.2. The van der Waals surface area contributed by atoms with Gasteiger partial charge < -0.3 is 10.1 Å². The van der Waals surface area contributed by atoms with Gasteiger partial charge in [-0.15, -0.1) is 11.3 Å². The molecule has 1 unspecified atom stereocenters. The summed E-state index contributed by atoms with van der Waals surface area (Å²) in [5.74, 6) is 0.410. The third-order valence-corrected chi connectivity index (χ3v) is 5.93. The highest BCUT2D eigenvalue weighted by Gasteiger charge is 2.23. The van der Waals surface area contributed by atoms with Gasteiger partial charge in [-0.25, -0.2) is 0 Å². The predicted octanol–water partition coefficient (Wildman–Crippen LogP) is 4.51. The molecule has 6 heteroatoms. The molecule has 1 amide bonds. The third kappa shape index (κ3) is 5.47. The van der Waals surface area contributed by atoms with Gasteiger partial charge in [0.15, 0.2) is 6.61 Å². The Labute approximate surface area is 164 Å². The number of hydrogen-bond donors (Lipinski definition) is 1. The molecule has 1 saturated heterocycles. The summed E-state index contributed by atoms with van der Waals surface area (Å²) in [6, 6.07) is 11.7. The van der Waals surface area contributed by atoms with E-state index in [1.165, 1.54) is 30.6 Å². The van der Waals surface area contributed by atoms with Crippen molar-refractivity contribution in [1.29, 1.82) is 0 Å². The first kappa shape index (κ1) is 19.2. The zero-order valence-corrected chi connectivity index (χ0v) is 16.4. The Morgan fingerprint density at radius 3 is 2.62 bits per heavy atom. The van der Waals surface area contributed by atoms with Crippen molar-refractivity contribution in [1.82, 2.24) is 10.2 Å². The molecule has 2 aromatic rings. The molecule has 1 fully saturated rings. The van der Waals surface area contributed by atoms with Gasteiger partial charge in [0.2, 0.25) is 0 Å². The van der Waals surface area contributed by atoms with Gasteiger partial charge in [0.1, 0.15) is 5.75 Å². The number of rotatable bonds is 7. The molecule has 1 aliphatic heterocycles. The van der Waals surface area contributed by atoms with Crippen molar-refractivity contribution in [3.05, 3.63) is 51.7 Å². The number of benzene rings is 1. The second kappa shape index (κ2) is 9.95. The summed E-state index contributed by atoms with van der Waals surface area (Å²) in [5.41, 5.74) is 0. The summed E-state index contributed by atoms with van der Waals surface area (Å²) in [6.07, 6.45) is 5.05. The SMILES string of the molecule is O=C(COc1ccccc1Cl)NCC(c1cccs1)N1CCCCCC1. The lowest BCUT2D eigenvalue weighted by Crippen LogP contribution is -2.39. The third-order valence-electron chi connectivity index (χ3n) is 4.64. The van der Waals surface area contributed by atoms with Gasteiger partial charge in [-0.2, -0.15) is 0 Å². The molecular weight excluding hydrogens is 368 g/mol. The zero-order valence-electron chi connectivity index (χ0n) is 14.8. The number of thiophene rings is 1. The van der Waals surface area contributed by atoms with Crippen LogP contribution in [0.5, 0.6) is 5.75 Å². The Hall–Kier alpha value is -1.56. The van der Waals surface area contributed by atoms with Crippen molar-refractivity contribution < 1.29 is 9.53 Å². The van der Waals surface area contributed by atoms with Crippen molar-refractivity contribution in [3.63, 3.8) is 0 Å². The molecule has 0 aliphatic carbocycles. The first-order valence-electron chi connectivity index (χ1n) is 9.15. The molecule has 1 aromatic carbocycles. The van der Waals surface area contributed by atoms with Crippen molar-refractivity contribution >= 4 is 28.8 Å². The van der Waals surface area contributed by atoms with Crippen LogP contribution in [0.25, 0.3) is 0 Å². The lowest BCUT2D eigenvalue weighted by Gasteiger charge is -2.30. The minimum Gasteiger partial charge on any atom is -0.482 e. The van der Waals surface area contributed by atoms with E-state index in [9.17, 15) is 4.79 Å². The molecule has 0 saturated carbocycles. The molecule has 0 bridgehead atoms. The minimum atomic E-state index is -0.124. The molecule has 1 N–H and O–H groups in total. The maximum Gasteiger partial charge on any atom is 0.258 e. The normalized spacial score (nSPS) is 16.7. The molecule has 3 rings (SSSR count). The average molecular weight is 393 g/mol. The summed E-state index contributed by atoms with van der Waals surface area (Å²) >= 11 is 7.81. The highest BCUT2D eigenvalue weighted by atomic mass is 35.5. The highest BCUT2D eigenvalue weighted by Crippen LogP contribution is 2.27. The van der Waals surface area contributed by atoms with Crippen molar-refractivity contribution in [2.75, 3.05) is 26.2 Å². The largest absolute Gasteiger partial charge is 0.482 e. The van der Waals surface area contributed by atoms with Crippen LogP contribution in [0.3, 0.4) is 0 Å². The quantitative estimate of drug-likeness (QED) is 0.753. The van der Waals surface area contributed by atoms with E-state index < -0.39 is 0 Å². The van der Waals surface area contributed by atoms with Crippen LogP contribution in [0.1, 0.15) is 36.6 Å². The number of halogens is 1. The Morgan fingerprint density at radius 2 is 1.92 bits per heavy atom. The zero-order chi connectivity index (χ0) is 18.2. The Balaban J connectivity index is 1.55. The minimum absolute atomic E-state index is 0.0269. The molecular formula is C20H25ClN2O2S. The number of amides is 1. The first-order chi connectivity index (χ1) is 12.7. The second-order valence-corrected chi connectivity index (χ2v) is 7.89. The van der Waals surface area contributed by atoms with Crippen LogP contribution in [0, 0.1) is 0 Å². The van der Waals surface area contributed by atoms with Crippen LogP contribution in [0.15, 0.2) is 41.8 Å². The molecule has 1 atom stereocenters. The topological polar surface area (TPSA) is 41.6 Å².